The van der Waals surface area contributed by atoms with Gasteiger partial charge in [-0.05, 0) is 29.7 Å². The first-order chi connectivity index (χ1) is 10.4. The standard InChI is InChI=1S/C15H9F4NO2/c16-9-4-3-8-6-11(14(21)22-12(8)7-9)10-2-1-5-20-13(10)15(17,18)19/h1-5,7,11H,6H2. The molecule has 0 radical (unpaired) electrons. The van der Waals surface area contributed by atoms with Crippen LogP contribution in [0.1, 0.15) is 22.7 Å². The second kappa shape index (κ2) is 5.08. The predicted molar refractivity (Wildman–Crippen MR) is 67.7 cm³/mol. The van der Waals surface area contributed by atoms with Gasteiger partial charge in [0.05, 0.1) is 5.92 Å². The normalized spacial score (nSPS) is 17.8. The van der Waals surface area contributed by atoms with Gasteiger partial charge in [-0.1, -0.05) is 12.1 Å². The summed E-state index contributed by atoms with van der Waals surface area (Å²) in [4.78, 5) is 15.3. The first-order valence-corrected chi connectivity index (χ1v) is 6.38. The maximum atomic E-state index is 13.1. The fourth-order valence-corrected chi connectivity index (χ4v) is 2.45. The highest BCUT2D eigenvalue weighted by molar-refractivity contribution is 5.83. The maximum Gasteiger partial charge on any atom is 0.433 e. The van der Waals surface area contributed by atoms with Gasteiger partial charge in [-0.2, -0.15) is 13.2 Å². The Hall–Kier alpha value is -2.44. The molecule has 0 aliphatic carbocycles. The summed E-state index contributed by atoms with van der Waals surface area (Å²) in [5.41, 5.74) is -0.875. The van der Waals surface area contributed by atoms with Gasteiger partial charge in [-0.15, -0.1) is 0 Å². The Morgan fingerprint density at radius 3 is 2.73 bits per heavy atom. The number of alkyl halides is 3. The Morgan fingerprint density at radius 1 is 1.23 bits per heavy atom. The number of hydrogen-bond donors (Lipinski definition) is 0. The molecule has 1 aliphatic rings. The fourth-order valence-electron chi connectivity index (χ4n) is 2.45. The molecular formula is C15H9F4NO2. The molecule has 2 heterocycles. The van der Waals surface area contributed by atoms with Crippen LogP contribution in [-0.2, 0) is 17.4 Å². The van der Waals surface area contributed by atoms with Crippen molar-refractivity contribution in [2.24, 2.45) is 0 Å². The number of pyridine rings is 1. The molecule has 0 amide bonds. The zero-order valence-electron chi connectivity index (χ0n) is 11.0. The summed E-state index contributed by atoms with van der Waals surface area (Å²) >= 11 is 0. The number of halogens is 4. The smallest absolute Gasteiger partial charge is 0.426 e. The topological polar surface area (TPSA) is 39.2 Å². The third-order valence-electron chi connectivity index (χ3n) is 3.43. The molecule has 0 saturated carbocycles. The summed E-state index contributed by atoms with van der Waals surface area (Å²) in [7, 11) is 0. The minimum atomic E-state index is -4.67. The van der Waals surface area contributed by atoms with Crippen molar-refractivity contribution in [3.63, 3.8) is 0 Å². The van der Waals surface area contributed by atoms with Crippen LogP contribution in [0, 0.1) is 5.82 Å². The third kappa shape index (κ3) is 2.54. The van der Waals surface area contributed by atoms with Crippen LogP contribution in [-0.4, -0.2) is 11.0 Å². The average molecular weight is 311 g/mol. The summed E-state index contributed by atoms with van der Waals surface area (Å²) in [6.45, 7) is 0. The molecule has 2 aromatic rings. The lowest BCUT2D eigenvalue weighted by Gasteiger charge is -2.25. The van der Waals surface area contributed by atoms with E-state index in [-0.39, 0.29) is 17.7 Å². The lowest BCUT2D eigenvalue weighted by Crippen LogP contribution is -2.28. The van der Waals surface area contributed by atoms with Gasteiger partial charge in [0.1, 0.15) is 17.3 Å². The molecule has 1 unspecified atom stereocenters. The molecule has 3 nitrogen and oxygen atoms in total. The highest BCUT2D eigenvalue weighted by Gasteiger charge is 2.40. The zero-order valence-corrected chi connectivity index (χ0v) is 11.0. The first kappa shape index (κ1) is 14.5. The van der Waals surface area contributed by atoms with Crippen molar-refractivity contribution >= 4 is 5.97 Å². The van der Waals surface area contributed by atoms with E-state index in [1.54, 1.807) is 0 Å². The van der Waals surface area contributed by atoms with Crippen molar-refractivity contribution in [3.05, 3.63) is 59.2 Å². The number of fused-ring (bicyclic) bond motifs is 1. The number of hydrogen-bond acceptors (Lipinski definition) is 3. The molecule has 0 spiro atoms. The molecule has 1 aromatic heterocycles. The van der Waals surface area contributed by atoms with Crippen LogP contribution in [0.25, 0.3) is 0 Å². The van der Waals surface area contributed by atoms with E-state index in [9.17, 15) is 22.4 Å². The minimum Gasteiger partial charge on any atom is -0.426 e. The van der Waals surface area contributed by atoms with E-state index in [0.717, 1.165) is 12.3 Å². The quantitative estimate of drug-likeness (QED) is 0.460. The number of esters is 1. The van der Waals surface area contributed by atoms with Crippen molar-refractivity contribution in [1.29, 1.82) is 0 Å². The fraction of sp³-hybridized carbons (Fsp3) is 0.200. The van der Waals surface area contributed by atoms with E-state index >= 15 is 0 Å². The molecule has 0 bridgehead atoms. The number of carbonyl (C=O) groups is 1. The number of carbonyl (C=O) groups excluding carboxylic acids is 1. The van der Waals surface area contributed by atoms with E-state index in [1.165, 1.54) is 24.3 Å². The monoisotopic (exact) mass is 311 g/mol. The van der Waals surface area contributed by atoms with E-state index in [4.69, 9.17) is 4.74 Å². The van der Waals surface area contributed by atoms with Crippen LogP contribution in [0.2, 0.25) is 0 Å². The van der Waals surface area contributed by atoms with Crippen molar-refractivity contribution in [3.8, 4) is 5.75 Å². The van der Waals surface area contributed by atoms with Gasteiger partial charge < -0.3 is 4.74 Å². The summed E-state index contributed by atoms with van der Waals surface area (Å²) < 4.78 is 57.1. The van der Waals surface area contributed by atoms with Crippen molar-refractivity contribution in [1.82, 2.24) is 4.98 Å². The zero-order chi connectivity index (χ0) is 15.9. The number of benzene rings is 1. The van der Waals surface area contributed by atoms with Crippen LogP contribution in [0.5, 0.6) is 5.75 Å². The number of rotatable bonds is 1. The predicted octanol–water partition coefficient (Wildman–Crippen LogP) is 3.48. The van der Waals surface area contributed by atoms with Crippen LogP contribution < -0.4 is 4.74 Å². The Bertz CT molecular complexity index is 743. The molecule has 1 aliphatic heterocycles. The highest BCUT2D eigenvalue weighted by Crippen LogP contribution is 2.38. The highest BCUT2D eigenvalue weighted by atomic mass is 19.4. The number of aromatic nitrogens is 1. The Labute approximate surface area is 122 Å². The van der Waals surface area contributed by atoms with Gasteiger partial charge in [0.25, 0.3) is 0 Å². The maximum absolute atomic E-state index is 13.1. The third-order valence-corrected chi connectivity index (χ3v) is 3.43. The largest absolute Gasteiger partial charge is 0.433 e. The molecule has 1 atom stereocenters. The summed E-state index contributed by atoms with van der Waals surface area (Å²) in [6.07, 6.45) is -3.65. The van der Waals surface area contributed by atoms with E-state index in [2.05, 4.69) is 4.98 Å². The van der Waals surface area contributed by atoms with Crippen molar-refractivity contribution in [2.45, 2.75) is 18.5 Å². The van der Waals surface area contributed by atoms with Gasteiger partial charge in [0.15, 0.2) is 0 Å². The van der Waals surface area contributed by atoms with Gasteiger partial charge in [-0.25, -0.2) is 4.39 Å². The molecular weight excluding hydrogens is 302 g/mol. The number of ether oxygens (including phenoxy) is 1. The Balaban J connectivity index is 2.04. The van der Waals surface area contributed by atoms with E-state index in [0.29, 0.717) is 5.56 Å². The SMILES string of the molecule is O=C1Oc2cc(F)ccc2CC1c1cccnc1C(F)(F)F. The molecule has 0 fully saturated rings. The van der Waals surface area contributed by atoms with E-state index in [1.807, 2.05) is 0 Å². The molecule has 7 heteroatoms. The molecule has 22 heavy (non-hydrogen) atoms. The summed E-state index contributed by atoms with van der Waals surface area (Å²) in [6, 6.07) is 6.14. The molecule has 3 rings (SSSR count). The van der Waals surface area contributed by atoms with Crippen molar-refractivity contribution < 1.29 is 27.1 Å². The van der Waals surface area contributed by atoms with Crippen LogP contribution in [0.3, 0.4) is 0 Å². The first-order valence-electron chi connectivity index (χ1n) is 6.38. The minimum absolute atomic E-state index is 0.00319. The molecule has 1 aromatic carbocycles. The average Bonchev–Trinajstić information content (AvgIpc) is 2.45. The van der Waals surface area contributed by atoms with Crippen LogP contribution in [0.15, 0.2) is 36.5 Å². The van der Waals surface area contributed by atoms with Gasteiger partial charge in [-0.3, -0.25) is 9.78 Å². The molecule has 114 valence electrons. The molecule has 0 saturated heterocycles. The Morgan fingerprint density at radius 2 is 2.00 bits per heavy atom. The number of nitrogens with zero attached hydrogens (tertiary/aromatic N) is 1. The van der Waals surface area contributed by atoms with Gasteiger partial charge in [0, 0.05) is 12.3 Å². The van der Waals surface area contributed by atoms with Crippen LogP contribution >= 0.6 is 0 Å². The van der Waals surface area contributed by atoms with Crippen LogP contribution in [0.4, 0.5) is 17.6 Å². The van der Waals surface area contributed by atoms with Gasteiger partial charge >= 0.3 is 12.1 Å². The molecule has 0 N–H and O–H groups in total. The van der Waals surface area contributed by atoms with E-state index < -0.39 is 29.6 Å². The summed E-state index contributed by atoms with van der Waals surface area (Å²) in [5, 5.41) is 0. The summed E-state index contributed by atoms with van der Waals surface area (Å²) in [5.74, 6) is -2.51. The second-order valence-corrected chi connectivity index (χ2v) is 4.87. The second-order valence-electron chi connectivity index (χ2n) is 4.87. The van der Waals surface area contributed by atoms with Crippen molar-refractivity contribution in [2.75, 3.05) is 0 Å². The van der Waals surface area contributed by atoms with Gasteiger partial charge in [0.2, 0.25) is 0 Å². The Kier molecular flexibility index (Phi) is 3.35. The lowest BCUT2D eigenvalue weighted by atomic mass is 9.88. The lowest BCUT2D eigenvalue weighted by molar-refractivity contribution is -0.143.